The molecule has 0 radical (unpaired) electrons. The van der Waals surface area contributed by atoms with Gasteiger partial charge in [0.15, 0.2) is 5.95 Å². The van der Waals surface area contributed by atoms with Gasteiger partial charge in [0.1, 0.15) is 0 Å². The number of aromatic nitrogens is 4. The third-order valence-corrected chi connectivity index (χ3v) is 2.34. The quantitative estimate of drug-likeness (QED) is 0.754. The molecule has 0 aliphatic rings. The Bertz CT molecular complexity index is 420. The summed E-state index contributed by atoms with van der Waals surface area (Å²) in [6.45, 7) is 2.75. The van der Waals surface area contributed by atoms with Crippen molar-refractivity contribution >= 4 is 5.95 Å². The highest BCUT2D eigenvalue weighted by Gasteiger charge is 2.06. The van der Waals surface area contributed by atoms with Gasteiger partial charge in [-0.05, 0) is 12.5 Å². The lowest BCUT2D eigenvalue weighted by atomic mass is 10.3. The van der Waals surface area contributed by atoms with Crippen molar-refractivity contribution in [2.24, 2.45) is 7.05 Å². The molecule has 2 rings (SSSR count). The van der Waals surface area contributed by atoms with E-state index in [1.165, 1.54) is 5.56 Å². The minimum absolute atomic E-state index is 0.533. The first-order valence-electron chi connectivity index (χ1n) is 4.42. The van der Waals surface area contributed by atoms with Crippen LogP contribution < -0.4 is 5.73 Å². The smallest absolute Gasteiger partial charge is 0.200 e. The van der Waals surface area contributed by atoms with Crippen LogP contribution >= 0.6 is 0 Å². The molecule has 0 aliphatic heterocycles. The van der Waals surface area contributed by atoms with Crippen LogP contribution in [0.2, 0.25) is 0 Å². The van der Waals surface area contributed by atoms with Crippen molar-refractivity contribution in [3.63, 3.8) is 0 Å². The highest BCUT2D eigenvalue weighted by Crippen LogP contribution is 2.09. The molecule has 0 spiro atoms. The van der Waals surface area contributed by atoms with Gasteiger partial charge >= 0.3 is 0 Å². The Kier molecular flexibility index (Phi) is 1.99. The van der Waals surface area contributed by atoms with Crippen LogP contribution in [0.1, 0.15) is 11.3 Å². The average Bonchev–Trinajstić information content (AvgIpc) is 2.67. The van der Waals surface area contributed by atoms with Crippen molar-refractivity contribution in [1.29, 1.82) is 0 Å². The molecule has 5 heteroatoms. The molecule has 2 N–H and O–H groups in total. The van der Waals surface area contributed by atoms with Gasteiger partial charge in [-0.2, -0.15) is 5.10 Å². The fraction of sp³-hybridized carbons (Fsp3) is 0.333. The lowest BCUT2D eigenvalue weighted by Crippen LogP contribution is -2.08. The second kappa shape index (κ2) is 3.17. The molecule has 0 fully saturated rings. The highest BCUT2D eigenvalue weighted by molar-refractivity contribution is 5.22. The molecule has 2 aromatic rings. The van der Waals surface area contributed by atoms with Crippen molar-refractivity contribution < 1.29 is 0 Å². The van der Waals surface area contributed by atoms with Crippen LogP contribution in [0.5, 0.6) is 0 Å². The molecule has 5 nitrogen and oxygen atoms in total. The summed E-state index contributed by atoms with van der Waals surface area (Å²) in [6.07, 6.45) is 5.41. The molecule has 0 aliphatic carbocycles. The van der Waals surface area contributed by atoms with Gasteiger partial charge in [0.2, 0.25) is 0 Å². The summed E-state index contributed by atoms with van der Waals surface area (Å²) in [7, 11) is 1.93. The van der Waals surface area contributed by atoms with E-state index in [1.807, 2.05) is 35.6 Å². The summed E-state index contributed by atoms with van der Waals surface area (Å²) in [4.78, 5) is 3.97. The summed E-state index contributed by atoms with van der Waals surface area (Å²) >= 11 is 0. The molecular weight excluding hydrogens is 178 g/mol. The molecule has 2 heterocycles. The van der Waals surface area contributed by atoms with Crippen LogP contribution in [0.3, 0.4) is 0 Å². The van der Waals surface area contributed by atoms with Crippen LogP contribution in [0.25, 0.3) is 0 Å². The van der Waals surface area contributed by atoms with Crippen molar-refractivity contribution in [3.8, 4) is 0 Å². The molecule has 2 aromatic heterocycles. The molecule has 0 saturated carbocycles. The van der Waals surface area contributed by atoms with Gasteiger partial charge in [0, 0.05) is 19.4 Å². The largest absolute Gasteiger partial charge is 0.369 e. The molecule has 0 atom stereocenters. The van der Waals surface area contributed by atoms with Crippen molar-refractivity contribution in [1.82, 2.24) is 19.3 Å². The van der Waals surface area contributed by atoms with E-state index in [9.17, 15) is 0 Å². The predicted octanol–water partition coefficient (Wildman–Crippen LogP) is 0.556. The lowest BCUT2D eigenvalue weighted by molar-refractivity contribution is 0.668. The van der Waals surface area contributed by atoms with Crippen LogP contribution in [-0.4, -0.2) is 19.3 Å². The summed E-state index contributed by atoms with van der Waals surface area (Å²) in [5.41, 5.74) is 7.99. The van der Waals surface area contributed by atoms with Gasteiger partial charge in [0.25, 0.3) is 0 Å². The van der Waals surface area contributed by atoms with E-state index in [0.717, 1.165) is 5.69 Å². The second-order valence-electron chi connectivity index (χ2n) is 3.31. The van der Waals surface area contributed by atoms with E-state index < -0.39 is 0 Å². The minimum atomic E-state index is 0.533. The summed E-state index contributed by atoms with van der Waals surface area (Å²) < 4.78 is 3.75. The third kappa shape index (κ3) is 1.37. The van der Waals surface area contributed by atoms with Gasteiger partial charge in [-0.25, -0.2) is 4.98 Å². The van der Waals surface area contributed by atoms with Gasteiger partial charge in [-0.1, -0.05) is 0 Å². The number of nitrogens with two attached hydrogens (primary N) is 1. The molecule has 0 amide bonds. The molecule has 74 valence electrons. The SMILES string of the molecule is Cc1cnn(C)c1Cn1ccnc1N. The second-order valence-corrected chi connectivity index (χ2v) is 3.31. The van der Waals surface area contributed by atoms with E-state index in [0.29, 0.717) is 12.5 Å². The highest BCUT2D eigenvalue weighted by atomic mass is 15.3. The number of nitrogens with zero attached hydrogens (tertiary/aromatic N) is 4. The average molecular weight is 191 g/mol. The Morgan fingerprint density at radius 2 is 2.29 bits per heavy atom. The van der Waals surface area contributed by atoms with E-state index in [1.54, 1.807) is 6.20 Å². The van der Waals surface area contributed by atoms with Crippen molar-refractivity contribution in [3.05, 3.63) is 29.8 Å². The Labute approximate surface area is 82.2 Å². The van der Waals surface area contributed by atoms with E-state index >= 15 is 0 Å². The van der Waals surface area contributed by atoms with Gasteiger partial charge in [-0.3, -0.25) is 4.68 Å². The maximum atomic E-state index is 5.68. The molecular formula is C9H13N5. The lowest BCUT2D eigenvalue weighted by Gasteiger charge is -2.06. The molecule has 0 saturated heterocycles. The van der Waals surface area contributed by atoms with Gasteiger partial charge in [-0.15, -0.1) is 0 Å². The van der Waals surface area contributed by atoms with E-state index in [2.05, 4.69) is 10.1 Å². The van der Waals surface area contributed by atoms with Crippen LogP contribution in [-0.2, 0) is 13.6 Å². The molecule has 0 bridgehead atoms. The zero-order valence-electron chi connectivity index (χ0n) is 8.31. The van der Waals surface area contributed by atoms with Crippen molar-refractivity contribution in [2.75, 3.05) is 5.73 Å². The first-order chi connectivity index (χ1) is 6.68. The number of anilines is 1. The zero-order valence-corrected chi connectivity index (χ0v) is 8.31. The standard InChI is InChI=1S/C9H13N5/c1-7-5-12-13(2)8(7)6-14-4-3-11-9(14)10/h3-5H,6H2,1-2H3,(H2,10,11). The number of nitrogen functional groups attached to an aromatic ring is 1. The van der Waals surface area contributed by atoms with Crippen molar-refractivity contribution in [2.45, 2.75) is 13.5 Å². The van der Waals surface area contributed by atoms with Gasteiger partial charge in [0.05, 0.1) is 18.4 Å². The summed E-state index contributed by atoms with van der Waals surface area (Å²) in [5.74, 6) is 0.533. The number of imidazole rings is 1. The molecule has 0 unspecified atom stereocenters. The maximum Gasteiger partial charge on any atom is 0.200 e. The van der Waals surface area contributed by atoms with E-state index in [4.69, 9.17) is 5.73 Å². The topological polar surface area (TPSA) is 61.7 Å². The van der Waals surface area contributed by atoms with Crippen LogP contribution in [0.4, 0.5) is 5.95 Å². The predicted molar refractivity (Wildman–Crippen MR) is 53.7 cm³/mol. The first kappa shape index (κ1) is 8.80. The van der Waals surface area contributed by atoms with Crippen LogP contribution in [0.15, 0.2) is 18.6 Å². The molecule has 14 heavy (non-hydrogen) atoms. The Morgan fingerprint density at radius 3 is 2.79 bits per heavy atom. The first-order valence-corrected chi connectivity index (χ1v) is 4.42. The van der Waals surface area contributed by atoms with Gasteiger partial charge < -0.3 is 10.3 Å². The number of aryl methyl sites for hydroxylation is 2. The van der Waals surface area contributed by atoms with Crippen LogP contribution in [0, 0.1) is 6.92 Å². The molecule has 0 aromatic carbocycles. The number of rotatable bonds is 2. The third-order valence-electron chi connectivity index (χ3n) is 2.34. The number of hydrogen-bond donors (Lipinski definition) is 1. The van der Waals surface area contributed by atoms with E-state index in [-0.39, 0.29) is 0 Å². The Morgan fingerprint density at radius 1 is 1.50 bits per heavy atom. The Hall–Kier alpha value is -1.78. The minimum Gasteiger partial charge on any atom is -0.369 e. The summed E-state index contributed by atoms with van der Waals surface area (Å²) in [5, 5.41) is 4.17. The summed E-state index contributed by atoms with van der Waals surface area (Å²) in [6, 6.07) is 0. The fourth-order valence-corrected chi connectivity index (χ4v) is 1.44. The number of hydrogen-bond acceptors (Lipinski definition) is 3. The zero-order chi connectivity index (χ0) is 10.1. The monoisotopic (exact) mass is 191 g/mol. The Balaban J connectivity index is 2.31. The normalized spacial score (nSPS) is 10.7. The maximum absolute atomic E-state index is 5.68. The fourth-order valence-electron chi connectivity index (χ4n) is 1.44.